The van der Waals surface area contributed by atoms with Gasteiger partial charge < -0.3 is 19.9 Å². The van der Waals surface area contributed by atoms with Gasteiger partial charge in [-0.25, -0.2) is 4.98 Å². The molecule has 0 spiro atoms. The molecule has 0 bridgehead atoms. The third-order valence-corrected chi connectivity index (χ3v) is 3.53. The molecule has 2 N–H and O–H groups in total. The molecule has 1 amide bonds. The molecule has 1 fully saturated rings. The number of aromatic nitrogens is 2. The van der Waals surface area contributed by atoms with E-state index in [1.54, 1.807) is 12.5 Å². The molecule has 0 saturated carbocycles. The Bertz CT molecular complexity index is 419. The first-order valence-electron chi connectivity index (χ1n) is 7.05. The van der Waals surface area contributed by atoms with Gasteiger partial charge in [-0.1, -0.05) is 20.8 Å². The van der Waals surface area contributed by atoms with E-state index in [9.17, 15) is 4.79 Å². The molecule has 0 aliphatic carbocycles. The minimum atomic E-state index is -0.392. The predicted molar refractivity (Wildman–Crippen MR) is 76.2 cm³/mol. The van der Waals surface area contributed by atoms with Crippen LogP contribution in [-0.4, -0.2) is 47.3 Å². The Balaban J connectivity index is 1.98. The van der Waals surface area contributed by atoms with Crippen molar-refractivity contribution in [3.63, 3.8) is 0 Å². The molecule has 1 aromatic rings. The molecule has 20 heavy (non-hydrogen) atoms. The molecule has 1 aliphatic rings. The summed E-state index contributed by atoms with van der Waals surface area (Å²) in [5, 5.41) is 6.28. The van der Waals surface area contributed by atoms with Crippen molar-refractivity contribution in [2.75, 3.05) is 19.7 Å². The standard InChI is InChI=1S/C14H24N4O2/c1-14(2,3)12(9-18-6-4-16-10-18)17-13(19)11-8-15-5-7-20-11/h4,6,10-12,15H,5,7-9H2,1-3H3,(H,17,19). The Labute approximate surface area is 119 Å². The number of nitrogens with zero attached hydrogens (tertiary/aromatic N) is 2. The SMILES string of the molecule is CC(C)(C)C(Cn1ccnc1)NC(=O)C1CNCCO1. The van der Waals surface area contributed by atoms with E-state index in [-0.39, 0.29) is 17.4 Å². The largest absolute Gasteiger partial charge is 0.366 e. The highest BCUT2D eigenvalue weighted by Crippen LogP contribution is 2.21. The van der Waals surface area contributed by atoms with Crippen LogP contribution in [0.1, 0.15) is 20.8 Å². The van der Waals surface area contributed by atoms with Crippen molar-refractivity contribution in [2.24, 2.45) is 5.41 Å². The van der Waals surface area contributed by atoms with E-state index in [4.69, 9.17) is 4.74 Å². The third kappa shape index (κ3) is 4.05. The van der Waals surface area contributed by atoms with Crippen LogP contribution in [0, 0.1) is 5.41 Å². The first-order chi connectivity index (χ1) is 9.47. The van der Waals surface area contributed by atoms with Gasteiger partial charge in [-0.3, -0.25) is 4.79 Å². The van der Waals surface area contributed by atoms with Crippen LogP contribution >= 0.6 is 0 Å². The molecule has 0 radical (unpaired) electrons. The Morgan fingerprint density at radius 2 is 2.40 bits per heavy atom. The van der Waals surface area contributed by atoms with Gasteiger partial charge in [0.25, 0.3) is 5.91 Å². The summed E-state index contributed by atoms with van der Waals surface area (Å²) in [5.41, 5.74) is -0.0397. The molecule has 6 nitrogen and oxygen atoms in total. The van der Waals surface area contributed by atoms with Crippen molar-refractivity contribution in [3.8, 4) is 0 Å². The summed E-state index contributed by atoms with van der Waals surface area (Å²) in [6, 6.07) is 0.0229. The van der Waals surface area contributed by atoms with Gasteiger partial charge in [0.05, 0.1) is 19.0 Å². The van der Waals surface area contributed by atoms with Crippen molar-refractivity contribution >= 4 is 5.91 Å². The normalized spacial score (nSPS) is 21.4. The highest BCUT2D eigenvalue weighted by molar-refractivity contribution is 5.81. The predicted octanol–water partition coefficient (Wildman–Crippen LogP) is 0.402. The number of ether oxygens (including phenoxy) is 1. The average Bonchev–Trinajstić information content (AvgIpc) is 2.91. The number of imidazole rings is 1. The lowest BCUT2D eigenvalue weighted by molar-refractivity contribution is -0.135. The van der Waals surface area contributed by atoms with E-state index in [1.807, 2.05) is 10.8 Å². The second kappa shape index (κ2) is 6.37. The Kier molecular flexibility index (Phi) is 4.77. The monoisotopic (exact) mass is 280 g/mol. The van der Waals surface area contributed by atoms with Crippen molar-refractivity contribution < 1.29 is 9.53 Å². The van der Waals surface area contributed by atoms with Crippen LogP contribution in [0.25, 0.3) is 0 Å². The van der Waals surface area contributed by atoms with Crippen LogP contribution in [0.4, 0.5) is 0 Å². The number of rotatable bonds is 4. The van der Waals surface area contributed by atoms with Crippen LogP contribution in [-0.2, 0) is 16.1 Å². The molecule has 1 saturated heterocycles. The van der Waals surface area contributed by atoms with Crippen LogP contribution < -0.4 is 10.6 Å². The Morgan fingerprint density at radius 3 is 2.95 bits per heavy atom. The molecule has 2 unspecified atom stereocenters. The van der Waals surface area contributed by atoms with Crippen molar-refractivity contribution in [2.45, 2.75) is 39.5 Å². The van der Waals surface area contributed by atoms with E-state index in [1.165, 1.54) is 0 Å². The van der Waals surface area contributed by atoms with E-state index >= 15 is 0 Å². The molecule has 2 atom stereocenters. The molecular formula is C14H24N4O2. The van der Waals surface area contributed by atoms with Gasteiger partial charge in [-0.05, 0) is 5.41 Å². The van der Waals surface area contributed by atoms with Crippen LogP contribution in [0.5, 0.6) is 0 Å². The molecule has 1 aromatic heterocycles. The second-order valence-electron chi connectivity index (χ2n) is 6.25. The van der Waals surface area contributed by atoms with E-state index < -0.39 is 6.10 Å². The first-order valence-corrected chi connectivity index (χ1v) is 7.05. The maximum atomic E-state index is 12.3. The van der Waals surface area contributed by atoms with E-state index in [0.717, 1.165) is 6.54 Å². The highest BCUT2D eigenvalue weighted by Gasteiger charge is 2.30. The number of hydrogen-bond acceptors (Lipinski definition) is 4. The number of carbonyl (C=O) groups is 1. The number of hydrogen-bond donors (Lipinski definition) is 2. The molecule has 6 heteroatoms. The second-order valence-corrected chi connectivity index (χ2v) is 6.25. The first kappa shape index (κ1) is 15.0. The van der Waals surface area contributed by atoms with Crippen molar-refractivity contribution in [1.29, 1.82) is 0 Å². The van der Waals surface area contributed by atoms with Gasteiger partial charge in [0.1, 0.15) is 6.10 Å². The Hall–Kier alpha value is -1.40. The summed E-state index contributed by atoms with van der Waals surface area (Å²) >= 11 is 0. The summed E-state index contributed by atoms with van der Waals surface area (Å²) in [7, 11) is 0. The van der Waals surface area contributed by atoms with E-state index in [0.29, 0.717) is 19.7 Å². The van der Waals surface area contributed by atoms with Gasteiger partial charge in [-0.15, -0.1) is 0 Å². The zero-order valence-electron chi connectivity index (χ0n) is 12.4. The fraction of sp³-hybridized carbons (Fsp3) is 0.714. The van der Waals surface area contributed by atoms with Gasteiger partial charge >= 0.3 is 0 Å². The maximum Gasteiger partial charge on any atom is 0.250 e. The summed E-state index contributed by atoms with van der Waals surface area (Å²) in [6.45, 7) is 9.03. The van der Waals surface area contributed by atoms with E-state index in [2.05, 4.69) is 36.4 Å². The lowest BCUT2D eigenvalue weighted by atomic mass is 9.86. The number of morpholine rings is 1. The topological polar surface area (TPSA) is 68.2 Å². The molecule has 0 aromatic carbocycles. The molecular weight excluding hydrogens is 256 g/mol. The third-order valence-electron chi connectivity index (χ3n) is 3.53. The summed E-state index contributed by atoms with van der Waals surface area (Å²) < 4.78 is 7.48. The molecule has 2 heterocycles. The zero-order chi connectivity index (χ0) is 14.6. The minimum Gasteiger partial charge on any atom is -0.366 e. The van der Waals surface area contributed by atoms with Crippen LogP contribution in [0.15, 0.2) is 18.7 Å². The number of amides is 1. The molecule has 2 rings (SSSR count). The Morgan fingerprint density at radius 1 is 1.60 bits per heavy atom. The minimum absolute atomic E-state index is 0.0229. The van der Waals surface area contributed by atoms with Gasteiger partial charge in [0.15, 0.2) is 0 Å². The number of nitrogens with one attached hydrogen (secondary N) is 2. The average molecular weight is 280 g/mol. The van der Waals surface area contributed by atoms with Crippen LogP contribution in [0.3, 0.4) is 0 Å². The van der Waals surface area contributed by atoms with Crippen LogP contribution in [0.2, 0.25) is 0 Å². The summed E-state index contributed by atoms with van der Waals surface area (Å²) in [6.07, 6.45) is 5.03. The smallest absolute Gasteiger partial charge is 0.250 e. The fourth-order valence-corrected chi connectivity index (χ4v) is 2.14. The van der Waals surface area contributed by atoms with Crippen molar-refractivity contribution in [1.82, 2.24) is 20.2 Å². The molecule has 112 valence electrons. The lowest BCUT2D eigenvalue weighted by Gasteiger charge is -2.33. The van der Waals surface area contributed by atoms with Crippen molar-refractivity contribution in [3.05, 3.63) is 18.7 Å². The van der Waals surface area contributed by atoms with Gasteiger partial charge in [0, 0.05) is 32.0 Å². The zero-order valence-corrected chi connectivity index (χ0v) is 12.4. The summed E-state index contributed by atoms with van der Waals surface area (Å²) in [4.78, 5) is 16.3. The maximum absolute atomic E-state index is 12.3. The molecule has 1 aliphatic heterocycles. The highest BCUT2D eigenvalue weighted by atomic mass is 16.5. The fourth-order valence-electron chi connectivity index (χ4n) is 2.14. The quantitative estimate of drug-likeness (QED) is 0.838. The van der Waals surface area contributed by atoms with Gasteiger partial charge in [0.2, 0.25) is 0 Å². The van der Waals surface area contributed by atoms with Gasteiger partial charge in [-0.2, -0.15) is 0 Å². The summed E-state index contributed by atoms with van der Waals surface area (Å²) in [5.74, 6) is -0.0442. The lowest BCUT2D eigenvalue weighted by Crippen LogP contribution is -2.54. The number of carbonyl (C=O) groups excluding carboxylic acids is 1.